The van der Waals surface area contributed by atoms with Gasteiger partial charge < -0.3 is 10.2 Å². The Morgan fingerprint density at radius 1 is 1.38 bits per heavy atom. The minimum atomic E-state index is 0.323. The van der Waals surface area contributed by atoms with Crippen molar-refractivity contribution in [1.29, 1.82) is 0 Å². The molecule has 16 heavy (non-hydrogen) atoms. The van der Waals surface area contributed by atoms with Gasteiger partial charge in [-0.15, -0.1) is 0 Å². The second-order valence-electron chi connectivity index (χ2n) is 5.40. The molecule has 1 heterocycles. The van der Waals surface area contributed by atoms with Crippen LogP contribution < -0.4 is 5.32 Å². The summed E-state index contributed by atoms with van der Waals surface area (Å²) in [4.78, 5) is 14.1. The fraction of sp³-hybridized carbons (Fsp3) is 0.923. The Kier molecular flexibility index (Phi) is 5.26. The molecule has 1 aliphatic heterocycles. The predicted octanol–water partition coefficient (Wildman–Crippen LogP) is 2.02. The van der Waals surface area contributed by atoms with Crippen LogP contribution in [0.15, 0.2) is 0 Å². The Labute approximate surface area is 99.6 Å². The van der Waals surface area contributed by atoms with Gasteiger partial charge in [0, 0.05) is 31.6 Å². The summed E-state index contributed by atoms with van der Waals surface area (Å²) in [7, 11) is 0. The number of rotatable bonds is 5. The van der Waals surface area contributed by atoms with Crippen LogP contribution in [0.4, 0.5) is 0 Å². The summed E-state index contributed by atoms with van der Waals surface area (Å²) in [5.74, 6) is 0.911. The van der Waals surface area contributed by atoms with Crippen LogP contribution in [-0.4, -0.2) is 36.0 Å². The summed E-state index contributed by atoms with van der Waals surface area (Å²) >= 11 is 0. The first-order valence-electron chi connectivity index (χ1n) is 6.55. The highest BCUT2D eigenvalue weighted by atomic mass is 16.2. The van der Waals surface area contributed by atoms with Gasteiger partial charge in [0.25, 0.3) is 0 Å². The third kappa shape index (κ3) is 3.78. The van der Waals surface area contributed by atoms with E-state index >= 15 is 0 Å². The molecule has 1 N–H and O–H groups in total. The van der Waals surface area contributed by atoms with Crippen molar-refractivity contribution in [3.8, 4) is 0 Å². The molecule has 1 saturated heterocycles. The molecular weight excluding hydrogens is 200 g/mol. The summed E-state index contributed by atoms with van der Waals surface area (Å²) in [5, 5.41) is 3.30. The third-order valence-corrected chi connectivity index (χ3v) is 3.28. The van der Waals surface area contributed by atoms with Gasteiger partial charge in [0.05, 0.1) is 0 Å². The van der Waals surface area contributed by atoms with Crippen LogP contribution in [0.3, 0.4) is 0 Å². The molecule has 3 heteroatoms. The van der Waals surface area contributed by atoms with Crippen LogP contribution in [0, 0.1) is 5.92 Å². The summed E-state index contributed by atoms with van der Waals surface area (Å²) in [5.41, 5.74) is 0. The average molecular weight is 226 g/mol. The van der Waals surface area contributed by atoms with Crippen LogP contribution in [-0.2, 0) is 4.79 Å². The van der Waals surface area contributed by atoms with Crippen molar-refractivity contribution in [1.82, 2.24) is 10.2 Å². The second-order valence-corrected chi connectivity index (χ2v) is 5.40. The van der Waals surface area contributed by atoms with E-state index < -0.39 is 0 Å². The highest BCUT2D eigenvalue weighted by Crippen LogP contribution is 2.24. The lowest BCUT2D eigenvalue weighted by Crippen LogP contribution is -2.40. The Hall–Kier alpha value is -0.570. The second kappa shape index (κ2) is 6.24. The van der Waals surface area contributed by atoms with Crippen molar-refractivity contribution < 1.29 is 4.79 Å². The van der Waals surface area contributed by atoms with Crippen LogP contribution >= 0.6 is 0 Å². The van der Waals surface area contributed by atoms with E-state index in [0.29, 0.717) is 30.3 Å². The number of carbonyl (C=O) groups excluding carboxylic acids is 1. The maximum Gasteiger partial charge on any atom is 0.224 e. The number of hydrogen-bond donors (Lipinski definition) is 1. The first-order chi connectivity index (χ1) is 7.52. The SMILES string of the molecule is CC(C)NCCC(=O)N1CCCC1C(C)C. The van der Waals surface area contributed by atoms with Crippen LogP contribution in [0.1, 0.15) is 47.0 Å². The van der Waals surface area contributed by atoms with E-state index in [1.54, 1.807) is 0 Å². The number of nitrogens with zero attached hydrogens (tertiary/aromatic N) is 1. The van der Waals surface area contributed by atoms with Crippen LogP contribution in [0.2, 0.25) is 0 Å². The smallest absolute Gasteiger partial charge is 0.224 e. The molecule has 0 radical (unpaired) electrons. The zero-order valence-electron chi connectivity index (χ0n) is 11.1. The molecule has 0 aliphatic carbocycles. The topological polar surface area (TPSA) is 32.3 Å². The summed E-state index contributed by atoms with van der Waals surface area (Å²) < 4.78 is 0. The fourth-order valence-corrected chi connectivity index (χ4v) is 2.41. The number of nitrogens with one attached hydrogen (secondary N) is 1. The van der Waals surface area contributed by atoms with Crippen molar-refractivity contribution in [2.75, 3.05) is 13.1 Å². The van der Waals surface area contributed by atoms with Gasteiger partial charge in [-0.3, -0.25) is 4.79 Å². The fourth-order valence-electron chi connectivity index (χ4n) is 2.41. The minimum Gasteiger partial charge on any atom is -0.339 e. The van der Waals surface area contributed by atoms with Crippen molar-refractivity contribution in [3.05, 3.63) is 0 Å². The number of amides is 1. The lowest BCUT2D eigenvalue weighted by atomic mass is 10.0. The van der Waals surface area contributed by atoms with Gasteiger partial charge >= 0.3 is 0 Å². The summed E-state index contributed by atoms with van der Waals surface area (Å²) in [6.07, 6.45) is 2.99. The maximum absolute atomic E-state index is 12.0. The molecule has 1 atom stereocenters. The van der Waals surface area contributed by atoms with Gasteiger partial charge in [0.1, 0.15) is 0 Å². The van der Waals surface area contributed by atoms with Gasteiger partial charge in [0.2, 0.25) is 5.91 Å². The number of hydrogen-bond acceptors (Lipinski definition) is 2. The molecule has 1 unspecified atom stereocenters. The predicted molar refractivity (Wildman–Crippen MR) is 67.3 cm³/mol. The van der Waals surface area contributed by atoms with E-state index in [9.17, 15) is 4.79 Å². The molecule has 1 aliphatic rings. The largest absolute Gasteiger partial charge is 0.339 e. The number of likely N-dealkylation sites (tertiary alicyclic amines) is 1. The molecule has 3 nitrogen and oxygen atoms in total. The van der Waals surface area contributed by atoms with E-state index in [2.05, 4.69) is 37.9 Å². The minimum absolute atomic E-state index is 0.323. The molecule has 0 saturated carbocycles. The monoisotopic (exact) mass is 226 g/mol. The molecule has 94 valence electrons. The molecule has 0 bridgehead atoms. The molecular formula is C13H26N2O. The molecule has 0 spiro atoms. The highest BCUT2D eigenvalue weighted by molar-refractivity contribution is 5.77. The normalized spacial score (nSPS) is 21.1. The van der Waals surface area contributed by atoms with E-state index in [-0.39, 0.29) is 0 Å². The van der Waals surface area contributed by atoms with Gasteiger partial charge in [0.15, 0.2) is 0 Å². The van der Waals surface area contributed by atoms with Crippen LogP contribution in [0.25, 0.3) is 0 Å². The molecule has 0 aromatic rings. The zero-order valence-corrected chi connectivity index (χ0v) is 11.1. The Morgan fingerprint density at radius 3 is 2.62 bits per heavy atom. The average Bonchev–Trinajstić information content (AvgIpc) is 2.65. The molecule has 1 fully saturated rings. The van der Waals surface area contributed by atoms with E-state index in [0.717, 1.165) is 13.1 Å². The molecule has 1 rings (SSSR count). The van der Waals surface area contributed by atoms with Gasteiger partial charge in [-0.1, -0.05) is 27.7 Å². The van der Waals surface area contributed by atoms with Gasteiger partial charge in [-0.2, -0.15) is 0 Å². The first-order valence-corrected chi connectivity index (χ1v) is 6.55. The zero-order chi connectivity index (χ0) is 12.1. The van der Waals surface area contributed by atoms with Crippen molar-refractivity contribution in [3.63, 3.8) is 0 Å². The molecule has 1 amide bonds. The van der Waals surface area contributed by atoms with Gasteiger partial charge in [-0.05, 0) is 18.8 Å². The summed E-state index contributed by atoms with van der Waals surface area (Å²) in [6.45, 7) is 10.4. The van der Waals surface area contributed by atoms with Crippen molar-refractivity contribution in [2.24, 2.45) is 5.92 Å². The lowest BCUT2D eigenvalue weighted by molar-refractivity contribution is -0.132. The number of carbonyl (C=O) groups is 1. The van der Waals surface area contributed by atoms with E-state index in [1.807, 2.05) is 0 Å². The third-order valence-electron chi connectivity index (χ3n) is 3.28. The van der Waals surface area contributed by atoms with Crippen LogP contribution in [0.5, 0.6) is 0 Å². The van der Waals surface area contributed by atoms with Crippen molar-refractivity contribution >= 4 is 5.91 Å². The highest BCUT2D eigenvalue weighted by Gasteiger charge is 2.30. The maximum atomic E-state index is 12.0. The Morgan fingerprint density at radius 2 is 2.06 bits per heavy atom. The molecule has 0 aromatic carbocycles. The lowest BCUT2D eigenvalue weighted by Gasteiger charge is -2.28. The quantitative estimate of drug-likeness (QED) is 0.778. The Bertz CT molecular complexity index is 226. The van der Waals surface area contributed by atoms with E-state index in [4.69, 9.17) is 0 Å². The molecule has 0 aromatic heterocycles. The van der Waals surface area contributed by atoms with Gasteiger partial charge in [-0.25, -0.2) is 0 Å². The van der Waals surface area contributed by atoms with Crippen molar-refractivity contribution in [2.45, 2.75) is 59.0 Å². The Balaban J connectivity index is 2.35. The van der Waals surface area contributed by atoms with E-state index in [1.165, 1.54) is 12.8 Å². The standard InChI is InChI=1S/C13H26N2O/c1-10(2)12-6-5-9-15(12)13(16)7-8-14-11(3)4/h10-12,14H,5-9H2,1-4H3. The summed E-state index contributed by atoms with van der Waals surface area (Å²) in [6, 6.07) is 0.943. The first kappa shape index (κ1) is 13.5.